The van der Waals surface area contributed by atoms with Gasteiger partial charge in [-0.05, 0) is 28.4 Å². The van der Waals surface area contributed by atoms with Crippen LogP contribution in [0, 0.1) is 6.92 Å². The summed E-state index contributed by atoms with van der Waals surface area (Å²) < 4.78 is 0.881. The summed E-state index contributed by atoms with van der Waals surface area (Å²) in [6.45, 7) is 1.88. The Bertz CT molecular complexity index is 235. The topological polar surface area (TPSA) is 38.9 Å². The highest BCUT2D eigenvalue weighted by Crippen LogP contribution is 2.26. The molecule has 54 valence electrons. The van der Waals surface area contributed by atoms with Crippen LogP contribution in [0.2, 0.25) is 5.02 Å². The number of rotatable bonds is 0. The first kappa shape index (κ1) is 7.82. The van der Waals surface area contributed by atoms with Gasteiger partial charge in [0, 0.05) is 10.7 Å². The second-order valence-electron chi connectivity index (χ2n) is 1.93. The minimum absolute atomic E-state index is 0.377. The molecule has 0 fully saturated rings. The molecule has 2 nitrogen and oxygen atoms in total. The Hall–Kier alpha value is -0.280. The molecule has 0 atom stereocenters. The molecule has 0 spiro atoms. The standard InChI is InChI=1S/C6H6BrClN2/c1-3-4(7)2-10-6(9)5(3)8/h2H,1H3,(H2,9,10). The zero-order valence-electron chi connectivity index (χ0n) is 5.36. The van der Waals surface area contributed by atoms with Crippen LogP contribution in [0.25, 0.3) is 0 Å². The van der Waals surface area contributed by atoms with Crippen molar-refractivity contribution in [3.05, 3.63) is 21.3 Å². The molecule has 0 radical (unpaired) electrons. The second kappa shape index (κ2) is 2.76. The van der Waals surface area contributed by atoms with Crippen LogP contribution in [0.1, 0.15) is 5.56 Å². The van der Waals surface area contributed by atoms with Gasteiger partial charge in [-0.15, -0.1) is 0 Å². The minimum Gasteiger partial charge on any atom is -0.382 e. The van der Waals surface area contributed by atoms with E-state index in [4.69, 9.17) is 17.3 Å². The van der Waals surface area contributed by atoms with Crippen molar-refractivity contribution < 1.29 is 0 Å². The molecule has 1 heterocycles. The van der Waals surface area contributed by atoms with E-state index in [1.165, 1.54) is 0 Å². The van der Waals surface area contributed by atoms with Gasteiger partial charge >= 0.3 is 0 Å². The largest absolute Gasteiger partial charge is 0.382 e. The molecule has 1 rings (SSSR count). The molecule has 0 aliphatic carbocycles. The molecular weight excluding hydrogens is 215 g/mol. The number of anilines is 1. The maximum Gasteiger partial charge on any atom is 0.142 e. The van der Waals surface area contributed by atoms with Crippen molar-refractivity contribution in [2.24, 2.45) is 0 Å². The monoisotopic (exact) mass is 220 g/mol. The van der Waals surface area contributed by atoms with Gasteiger partial charge in [-0.25, -0.2) is 4.98 Å². The molecule has 0 aliphatic heterocycles. The summed E-state index contributed by atoms with van der Waals surface area (Å²) in [5.74, 6) is 0.377. The number of pyridine rings is 1. The van der Waals surface area contributed by atoms with E-state index in [-0.39, 0.29) is 0 Å². The van der Waals surface area contributed by atoms with Gasteiger partial charge in [0.05, 0.1) is 5.02 Å². The van der Waals surface area contributed by atoms with E-state index in [1.807, 2.05) is 6.92 Å². The van der Waals surface area contributed by atoms with Crippen molar-refractivity contribution in [1.82, 2.24) is 4.98 Å². The highest BCUT2D eigenvalue weighted by molar-refractivity contribution is 9.10. The lowest BCUT2D eigenvalue weighted by molar-refractivity contribution is 1.27. The van der Waals surface area contributed by atoms with E-state index in [2.05, 4.69) is 20.9 Å². The fraction of sp³-hybridized carbons (Fsp3) is 0.167. The molecule has 0 aliphatic rings. The van der Waals surface area contributed by atoms with Crippen LogP contribution in [0.3, 0.4) is 0 Å². The molecule has 1 aromatic heterocycles. The van der Waals surface area contributed by atoms with E-state index < -0.39 is 0 Å². The van der Waals surface area contributed by atoms with Crippen LogP contribution in [0.15, 0.2) is 10.7 Å². The third-order valence-corrected chi connectivity index (χ3v) is 2.51. The summed E-state index contributed by atoms with van der Waals surface area (Å²) in [5, 5.41) is 0.523. The molecule has 0 amide bonds. The Morgan fingerprint density at radius 2 is 2.30 bits per heavy atom. The fourth-order valence-electron chi connectivity index (χ4n) is 0.577. The number of hydrogen-bond donors (Lipinski definition) is 1. The minimum atomic E-state index is 0.377. The molecular formula is C6H6BrClN2. The molecule has 4 heteroatoms. The van der Waals surface area contributed by atoms with Crippen molar-refractivity contribution in [2.75, 3.05) is 5.73 Å². The summed E-state index contributed by atoms with van der Waals surface area (Å²) >= 11 is 9.04. The summed E-state index contributed by atoms with van der Waals surface area (Å²) in [6, 6.07) is 0. The third-order valence-electron chi connectivity index (χ3n) is 1.23. The lowest BCUT2D eigenvalue weighted by Crippen LogP contribution is -1.92. The van der Waals surface area contributed by atoms with E-state index >= 15 is 0 Å². The van der Waals surface area contributed by atoms with Crippen LogP contribution < -0.4 is 5.73 Å². The van der Waals surface area contributed by atoms with Gasteiger partial charge in [-0.3, -0.25) is 0 Å². The number of hydrogen-bond acceptors (Lipinski definition) is 2. The van der Waals surface area contributed by atoms with Crippen LogP contribution in [-0.2, 0) is 0 Å². The lowest BCUT2D eigenvalue weighted by Gasteiger charge is -2.01. The van der Waals surface area contributed by atoms with Gasteiger partial charge in [0.15, 0.2) is 0 Å². The predicted octanol–water partition coefficient (Wildman–Crippen LogP) is 2.39. The van der Waals surface area contributed by atoms with Crippen molar-refractivity contribution >= 4 is 33.3 Å². The first-order valence-electron chi connectivity index (χ1n) is 2.69. The first-order valence-corrected chi connectivity index (χ1v) is 3.86. The molecule has 10 heavy (non-hydrogen) atoms. The first-order chi connectivity index (χ1) is 4.63. The number of nitrogen functional groups attached to an aromatic ring is 1. The number of nitrogens with zero attached hydrogens (tertiary/aromatic N) is 1. The van der Waals surface area contributed by atoms with E-state index in [0.29, 0.717) is 10.8 Å². The third kappa shape index (κ3) is 1.25. The van der Waals surface area contributed by atoms with E-state index in [1.54, 1.807) is 6.20 Å². The number of halogens is 2. The Kier molecular flexibility index (Phi) is 2.16. The summed E-state index contributed by atoms with van der Waals surface area (Å²) in [7, 11) is 0. The Labute approximate surface area is 72.5 Å². The van der Waals surface area contributed by atoms with Gasteiger partial charge in [0.1, 0.15) is 5.82 Å². The Balaban J connectivity index is 3.34. The molecule has 2 N–H and O–H groups in total. The van der Waals surface area contributed by atoms with Gasteiger partial charge in [0.25, 0.3) is 0 Å². The number of nitrogens with two attached hydrogens (primary N) is 1. The maximum absolute atomic E-state index is 5.77. The highest BCUT2D eigenvalue weighted by atomic mass is 79.9. The maximum atomic E-state index is 5.77. The SMILES string of the molecule is Cc1c(Br)cnc(N)c1Cl. The van der Waals surface area contributed by atoms with Crippen LogP contribution >= 0.6 is 27.5 Å². The quantitative estimate of drug-likeness (QED) is 0.731. The van der Waals surface area contributed by atoms with E-state index in [0.717, 1.165) is 10.0 Å². The van der Waals surface area contributed by atoms with Crippen LogP contribution in [-0.4, -0.2) is 4.98 Å². The average Bonchev–Trinajstić information content (AvgIpc) is 1.93. The van der Waals surface area contributed by atoms with Gasteiger partial charge in [-0.1, -0.05) is 11.6 Å². The van der Waals surface area contributed by atoms with Crippen molar-refractivity contribution in [3.8, 4) is 0 Å². The molecule has 0 saturated heterocycles. The number of aromatic nitrogens is 1. The van der Waals surface area contributed by atoms with Crippen LogP contribution in [0.4, 0.5) is 5.82 Å². The molecule has 0 saturated carbocycles. The fourth-order valence-corrected chi connectivity index (χ4v) is 1.14. The highest BCUT2D eigenvalue weighted by Gasteiger charge is 2.03. The van der Waals surface area contributed by atoms with Crippen molar-refractivity contribution in [1.29, 1.82) is 0 Å². The normalized spacial score (nSPS) is 9.90. The zero-order chi connectivity index (χ0) is 7.72. The van der Waals surface area contributed by atoms with Crippen molar-refractivity contribution in [3.63, 3.8) is 0 Å². The predicted molar refractivity (Wildman–Crippen MR) is 46.1 cm³/mol. The average molecular weight is 221 g/mol. The molecule has 0 bridgehead atoms. The Morgan fingerprint density at radius 1 is 1.70 bits per heavy atom. The smallest absolute Gasteiger partial charge is 0.142 e. The van der Waals surface area contributed by atoms with Crippen LogP contribution in [0.5, 0.6) is 0 Å². The Morgan fingerprint density at radius 3 is 2.80 bits per heavy atom. The molecule has 0 unspecified atom stereocenters. The summed E-state index contributed by atoms with van der Waals surface area (Å²) in [6.07, 6.45) is 1.64. The van der Waals surface area contributed by atoms with Gasteiger partial charge in [0.2, 0.25) is 0 Å². The van der Waals surface area contributed by atoms with Gasteiger partial charge in [-0.2, -0.15) is 0 Å². The summed E-state index contributed by atoms with van der Waals surface area (Å²) in [5.41, 5.74) is 6.35. The summed E-state index contributed by atoms with van der Waals surface area (Å²) in [4.78, 5) is 3.84. The van der Waals surface area contributed by atoms with E-state index in [9.17, 15) is 0 Å². The van der Waals surface area contributed by atoms with Crippen molar-refractivity contribution in [2.45, 2.75) is 6.92 Å². The van der Waals surface area contributed by atoms with Gasteiger partial charge < -0.3 is 5.73 Å². The zero-order valence-corrected chi connectivity index (χ0v) is 7.70. The second-order valence-corrected chi connectivity index (χ2v) is 3.16. The molecule has 1 aromatic rings. The molecule has 0 aromatic carbocycles. The lowest BCUT2D eigenvalue weighted by atomic mass is 10.3.